The minimum absolute atomic E-state index is 0.0787. The van der Waals surface area contributed by atoms with E-state index in [4.69, 9.17) is 5.73 Å². The van der Waals surface area contributed by atoms with E-state index in [9.17, 15) is 10.1 Å². The zero-order valence-electron chi connectivity index (χ0n) is 9.71. The van der Waals surface area contributed by atoms with Crippen LogP contribution in [-0.4, -0.2) is 9.91 Å². The van der Waals surface area contributed by atoms with Crippen molar-refractivity contribution in [2.75, 3.05) is 11.1 Å². The van der Waals surface area contributed by atoms with Crippen molar-refractivity contribution < 1.29 is 4.92 Å². The van der Waals surface area contributed by atoms with Gasteiger partial charge in [-0.1, -0.05) is 0 Å². The first-order chi connectivity index (χ1) is 8.56. The van der Waals surface area contributed by atoms with Gasteiger partial charge in [-0.2, -0.15) is 0 Å². The number of nitro benzene ring substituents is 1. The number of rotatable bonds is 4. The first kappa shape index (κ1) is 12.3. The third kappa shape index (κ3) is 2.75. The highest BCUT2D eigenvalue weighted by atomic mass is 32.1. The molecular weight excluding hydrogens is 252 g/mol. The van der Waals surface area contributed by atoms with Gasteiger partial charge < -0.3 is 11.1 Å². The number of nitro groups is 1. The summed E-state index contributed by atoms with van der Waals surface area (Å²) in [6.07, 6.45) is 0. The molecular formula is C11H12N4O2S. The highest BCUT2D eigenvalue weighted by Gasteiger charge is 2.10. The summed E-state index contributed by atoms with van der Waals surface area (Å²) in [4.78, 5) is 14.4. The second-order valence-electron chi connectivity index (χ2n) is 3.74. The molecule has 94 valence electrons. The number of nitrogens with two attached hydrogens (primary N) is 1. The Hall–Kier alpha value is -2.15. The third-order valence-corrected chi connectivity index (χ3v) is 3.19. The molecule has 0 saturated heterocycles. The van der Waals surface area contributed by atoms with E-state index in [1.54, 1.807) is 23.5 Å². The molecule has 0 atom stereocenters. The molecule has 18 heavy (non-hydrogen) atoms. The van der Waals surface area contributed by atoms with Crippen LogP contribution in [0.2, 0.25) is 0 Å². The molecule has 2 rings (SSSR count). The lowest BCUT2D eigenvalue weighted by molar-refractivity contribution is -0.383. The van der Waals surface area contributed by atoms with Crippen molar-refractivity contribution in [3.63, 3.8) is 0 Å². The molecule has 0 unspecified atom stereocenters. The fraction of sp³-hybridized carbons (Fsp3) is 0.182. The van der Waals surface area contributed by atoms with Crippen LogP contribution in [0.5, 0.6) is 0 Å². The van der Waals surface area contributed by atoms with Crippen molar-refractivity contribution in [3.8, 4) is 0 Å². The first-order valence-corrected chi connectivity index (χ1v) is 6.13. The van der Waals surface area contributed by atoms with Crippen LogP contribution in [0.3, 0.4) is 0 Å². The SMILES string of the molecule is Cc1nc(CNc2ccc([N+](=O)[O-])c(N)c2)cs1. The number of benzene rings is 1. The smallest absolute Gasteiger partial charge is 0.292 e. The molecule has 0 radical (unpaired) electrons. The van der Waals surface area contributed by atoms with E-state index in [0.717, 1.165) is 16.4 Å². The van der Waals surface area contributed by atoms with Crippen LogP contribution in [0.25, 0.3) is 0 Å². The lowest BCUT2D eigenvalue weighted by Gasteiger charge is -2.05. The van der Waals surface area contributed by atoms with Crippen LogP contribution >= 0.6 is 11.3 Å². The number of hydrogen-bond donors (Lipinski definition) is 2. The van der Waals surface area contributed by atoms with Gasteiger partial charge >= 0.3 is 0 Å². The fourth-order valence-electron chi connectivity index (χ4n) is 1.51. The van der Waals surface area contributed by atoms with Gasteiger partial charge in [-0.15, -0.1) is 11.3 Å². The van der Waals surface area contributed by atoms with Crippen LogP contribution in [0, 0.1) is 17.0 Å². The maximum absolute atomic E-state index is 10.6. The lowest BCUT2D eigenvalue weighted by Crippen LogP contribution is -2.02. The maximum Gasteiger partial charge on any atom is 0.292 e. The first-order valence-electron chi connectivity index (χ1n) is 5.25. The molecule has 2 aromatic rings. The average Bonchev–Trinajstić information content (AvgIpc) is 2.72. The molecule has 1 heterocycles. The highest BCUT2D eigenvalue weighted by molar-refractivity contribution is 7.09. The molecule has 0 fully saturated rings. The van der Waals surface area contributed by atoms with Gasteiger partial charge in [-0.05, 0) is 19.1 Å². The van der Waals surface area contributed by atoms with Gasteiger partial charge in [0.2, 0.25) is 0 Å². The van der Waals surface area contributed by atoms with Gasteiger partial charge in [-0.25, -0.2) is 4.98 Å². The van der Waals surface area contributed by atoms with E-state index >= 15 is 0 Å². The molecule has 0 amide bonds. The predicted molar refractivity (Wildman–Crippen MR) is 71.7 cm³/mol. The molecule has 6 nitrogen and oxygen atoms in total. The van der Waals surface area contributed by atoms with Crippen LogP contribution in [0.1, 0.15) is 10.7 Å². The number of nitrogens with zero attached hydrogens (tertiary/aromatic N) is 2. The predicted octanol–water partition coefficient (Wildman–Crippen LogP) is 2.55. The molecule has 0 bridgehead atoms. The summed E-state index contributed by atoms with van der Waals surface area (Å²) in [6, 6.07) is 4.58. The van der Waals surface area contributed by atoms with Crippen LogP contribution < -0.4 is 11.1 Å². The maximum atomic E-state index is 10.6. The number of nitrogens with one attached hydrogen (secondary N) is 1. The molecule has 0 aliphatic carbocycles. The number of nitrogen functional groups attached to an aromatic ring is 1. The van der Waals surface area contributed by atoms with E-state index in [0.29, 0.717) is 6.54 Å². The molecule has 1 aromatic heterocycles. The second kappa shape index (κ2) is 5.01. The van der Waals surface area contributed by atoms with Gasteiger partial charge in [0.25, 0.3) is 5.69 Å². The summed E-state index contributed by atoms with van der Waals surface area (Å²) in [7, 11) is 0. The average molecular weight is 264 g/mol. The number of hydrogen-bond acceptors (Lipinski definition) is 6. The molecule has 7 heteroatoms. The minimum Gasteiger partial charge on any atom is -0.393 e. The summed E-state index contributed by atoms with van der Waals surface area (Å²) in [6.45, 7) is 2.51. The molecule has 1 aromatic carbocycles. The summed E-state index contributed by atoms with van der Waals surface area (Å²) in [5, 5.41) is 16.7. The van der Waals surface area contributed by atoms with E-state index < -0.39 is 4.92 Å². The summed E-state index contributed by atoms with van der Waals surface area (Å²) >= 11 is 1.58. The molecule has 0 saturated carbocycles. The summed E-state index contributed by atoms with van der Waals surface area (Å²) in [5.41, 5.74) is 7.35. The molecule has 0 spiro atoms. The Kier molecular flexibility index (Phi) is 3.42. The Labute approximate surface area is 108 Å². The van der Waals surface area contributed by atoms with Crippen molar-refractivity contribution in [3.05, 3.63) is 44.4 Å². The highest BCUT2D eigenvalue weighted by Crippen LogP contribution is 2.24. The summed E-state index contributed by atoms with van der Waals surface area (Å²) < 4.78 is 0. The molecule has 0 aliphatic rings. The number of thiazole rings is 1. The number of aromatic nitrogens is 1. The molecule has 3 N–H and O–H groups in total. The van der Waals surface area contributed by atoms with Crippen LogP contribution in [0.15, 0.2) is 23.6 Å². The zero-order chi connectivity index (χ0) is 13.1. The summed E-state index contributed by atoms with van der Waals surface area (Å²) in [5.74, 6) is 0. The zero-order valence-corrected chi connectivity index (χ0v) is 10.5. The van der Waals surface area contributed by atoms with E-state index in [1.807, 2.05) is 12.3 Å². The Morgan fingerprint density at radius 2 is 2.33 bits per heavy atom. The molecule has 0 aliphatic heterocycles. The second-order valence-corrected chi connectivity index (χ2v) is 4.80. The van der Waals surface area contributed by atoms with Gasteiger partial charge in [0.15, 0.2) is 0 Å². The topological polar surface area (TPSA) is 94.1 Å². The van der Waals surface area contributed by atoms with Crippen LogP contribution in [0.4, 0.5) is 17.1 Å². The Morgan fingerprint density at radius 3 is 2.89 bits per heavy atom. The number of anilines is 2. The Morgan fingerprint density at radius 1 is 1.56 bits per heavy atom. The van der Waals surface area contributed by atoms with Gasteiger partial charge in [-0.3, -0.25) is 10.1 Å². The largest absolute Gasteiger partial charge is 0.393 e. The normalized spacial score (nSPS) is 10.3. The van der Waals surface area contributed by atoms with E-state index in [-0.39, 0.29) is 11.4 Å². The quantitative estimate of drug-likeness (QED) is 0.502. The standard InChI is InChI=1S/C11H12N4O2S/c1-7-14-9(6-18-7)5-13-8-2-3-11(15(16)17)10(12)4-8/h2-4,6,13H,5,12H2,1H3. The Balaban J connectivity index is 2.06. The van der Waals surface area contributed by atoms with Crippen molar-refractivity contribution >= 4 is 28.4 Å². The van der Waals surface area contributed by atoms with Crippen molar-refractivity contribution in [1.82, 2.24) is 4.98 Å². The van der Waals surface area contributed by atoms with Gasteiger partial charge in [0.1, 0.15) is 5.69 Å². The Bertz CT molecular complexity index is 582. The van der Waals surface area contributed by atoms with Crippen molar-refractivity contribution in [2.45, 2.75) is 13.5 Å². The van der Waals surface area contributed by atoms with Crippen LogP contribution in [-0.2, 0) is 6.54 Å². The van der Waals surface area contributed by atoms with E-state index in [2.05, 4.69) is 10.3 Å². The van der Waals surface area contributed by atoms with Crippen molar-refractivity contribution in [1.29, 1.82) is 0 Å². The van der Waals surface area contributed by atoms with Crippen molar-refractivity contribution in [2.24, 2.45) is 0 Å². The van der Waals surface area contributed by atoms with E-state index in [1.165, 1.54) is 6.07 Å². The monoisotopic (exact) mass is 264 g/mol. The fourth-order valence-corrected chi connectivity index (χ4v) is 2.13. The minimum atomic E-state index is -0.497. The van der Waals surface area contributed by atoms with Gasteiger partial charge in [0, 0.05) is 17.1 Å². The van der Waals surface area contributed by atoms with Gasteiger partial charge in [0.05, 0.1) is 22.2 Å². The lowest BCUT2D eigenvalue weighted by atomic mass is 10.2. The third-order valence-electron chi connectivity index (χ3n) is 2.36. The number of aryl methyl sites for hydroxylation is 1.